The molecule has 0 radical (unpaired) electrons. The first kappa shape index (κ1) is 26.2. The molecule has 39 heavy (non-hydrogen) atoms. The highest BCUT2D eigenvalue weighted by molar-refractivity contribution is 6.05. The first-order chi connectivity index (χ1) is 19.0. The molecule has 3 aromatic rings. The maximum Gasteiger partial charge on any atom is 0.146 e. The number of halogens is 1. The number of hydrogen-bond donors (Lipinski definition) is 0. The average Bonchev–Trinajstić information content (AvgIpc) is 3.30. The number of nitriles is 1. The number of benzene rings is 3. The van der Waals surface area contributed by atoms with Gasteiger partial charge in [0.25, 0.3) is 0 Å². The van der Waals surface area contributed by atoms with Gasteiger partial charge >= 0.3 is 0 Å². The van der Waals surface area contributed by atoms with Gasteiger partial charge < -0.3 is 19.2 Å². The van der Waals surface area contributed by atoms with Crippen LogP contribution in [-0.4, -0.2) is 44.3 Å². The van der Waals surface area contributed by atoms with Crippen LogP contribution in [0.2, 0.25) is 0 Å². The van der Waals surface area contributed by atoms with E-state index in [9.17, 15) is 9.18 Å². The van der Waals surface area contributed by atoms with E-state index in [-0.39, 0.29) is 23.9 Å². The van der Waals surface area contributed by atoms with Gasteiger partial charge in [0.05, 0.1) is 41.9 Å². The van der Waals surface area contributed by atoms with Crippen molar-refractivity contribution in [3.8, 4) is 17.6 Å². The monoisotopic (exact) mass is 526 g/mol. The van der Waals surface area contributed by atoms with Gasteiger partial charge in [-0.1, -0.05) is 19.1 Å². The van der Waals surface area contributed by atoms with Crippen molar-refractivity contribution in [3.63, 3.8) is 0 Å². The van der Waals surface area contributed by atoms with Crippen molar-refractivity contribution < 1.29 is 18.7 Å². The fourth-order valence-electron chi connectivity index (χ4n) is 5.31. The number of ether oxygens (including phenoxy) is 2. The molecule has 0 N–H and O–H groups in total. The zero-order valence-electron chi connectivity index (χ0n) is 22.1. The second kappa shape index (κ2) is 11.6. The lowest BCUT2D eigenvalue weighted by Gasteiger charge is -2.34. The van der Waals surface area contributed by atoms with E-state index in [0.717, 1.165) is 41.8 Å². The molecule has 2 aliphatic rings. The normalized spacial score (nSPS) is 19.4. The summed E-state index contributed by atoms with van der Waals surface area (Å²) in [7, 11) is 1.58. The number of anilines is 2. The number of carbonyl (C=O) groups excluding carboxylic acids is 1. The molecule has 1 saturated heterocycles. The summed E-state index contributed by atoms with van der Waals surface area (Å²) in [6.07, 6.45) is 2.89. The Morgan fingerprint density at radius 2 is 1.74 bits per heavy atom. The first-order valence-electron chi connectivity index (χ1n) is 13.2. The van der Waals surface area contributed by atoms with Crippen molar-refractivity contribution in [2.75, 3.05) is 30.1 Å². The molecule has 0 saturated carbocycles. The number of carbonyl (C=O) groups is 1. The van der Waals surface area contributed by atoms with Crippen molar-refractivity contribution in [3.05, 3.63) is 83.7 Å². The molecule has 8 heteroatoms. The fourth-order valence-corrected chi connectivity index (χ4v) is 5.31. The third-order valence-corrected chi connectivity index (χ3v) is 7.53. The minimum Gasteiger partial charge on any atom is -0.497 e. The Balaban J connectivity index is 1.25. The Labute approximate surface area is 228 Å². The molecule has 0 amide bonds. The fraction of sp³-hybridized carbons (Fsp3) is 0.323. The van der Waals surface area contributed by atoms with Crippen molar-refractivity contribution in [1.82, 2.24) is 0 Å². The van der Waals surface area contributed by atoms with Crippen molar-refractivity contribution in [2.24, 2.45) is 11.0 Å². The van der Waals surface area contributed by atoms with Crippen LogP contribution in [0.5, 0.6) is 11.5 Å². The van der Waals surface area contributed by atoms with Gasteiger partial charge in [-0.25, -0.2) is 4.39 Å². The summed E-state index contributed by atoms with van der Waals surface area (Å²) in [5.41, 5.74) is 3.88. The van der Waals surface area contributed by atoms with Gasteiger partial charge in [0.1, 0.15) is 29.7 Å². The topological polar surface area (TPSA) is 78.2 Å². The third kappa shape index (κ3) is 5.58. The standard InChI is InChI=1S/C31H31FN4O3/c1-21-29(15-18-37)36(34-31(21)23-5-3-22(20-33)4-6-23)24-7-9-25(10-8-24)39-26-13-16-35(17-14-26)30-19-27(38-2)11-12-28(30)32/h3-12,18-19,21,26,29H,13-17H2,1-2H3/t21?,29-/m0/s1. The molecule has 7 nitrogen and oxygen atoms in total. The molecule has 1 fully saturated rings. The lowest BCUT2D eigenvalue weighted by molar-refractivity contribution is -0.108. The maximum atomic E-state index is 14.4. The van der Waals surface area contributed by atoms with Gasteiger partial charge in [0.2, 0.25) is 0 Å². The highest BCUT2D eigenvalue weighted by Crippen LogP contribution is 2.34. The van der Waals surface area contributed by atoms with E-state index < -0.39 is 0 Å². The van der Waals surface area contributed by atoms with Crippen LogP contribution in [0.4, 0.5) is 15.8 Å². The van der Waals surface area contributed by atoms with E-state index in [4.69, 9.17) is 19.8 Å². The Hall–Kier alpha value is -4.38. The Bertz CT molecular complexity index is 1380. The molecule has 200 valence electrons. The molecule has 2 atom stereocenters. The molecule has 3 aromatic carbocycles. The molecule has 5 rings (SSSR count). The quantitative estimate of drug-likeness (QED) is 0.357. The summed E-state index contributed by atoms with van der Waals surface area (Å²) in [4.78, 5) is 13.5. The van der Waals surface area contributed by atoms with Crippen LogP contribution in [-0.2, 0) is 4.79 Å². The summed E-state index contributed by atoms with van der Waals surface area (Å²) >= 11 is 0. The van der Waals surface area contributed by atoms with E-state index in [1.807, 2.05) is 46.3 Å². The number of hydrazone groups is 1. The number of aldehydes is 1. The molecule has 0 aromatic heterocycles. The Kier molecular flexibility index (Phi) is 7.78. The van der Waals surface area contributed by atoms with Crippen LogP contribution in [0.25, 0.3) is 0 Å². The van der Waals surface area contributed by atoms with Crippen LogP contribution in [0.1, 0.15) is 37.3 Å². The first-order valence-corrected chi connectivity index (χ1v) is 13.2. The molecular weight excluding hydrogens is 495 g/mol. The lowest BCUT2D eigenvalue weighted by Crippen LogP contribution is -2.38. The number of rotatable bonds is 8. The van der Waals surface area contributed by atoms with Crippen LogP contribution >= 0.6 is 0 Å². The highest BCUT2D eigenvalue weighted by Gasteiger charge is 2.35. The molecule has 0 aliphatic carbocycles. The van der Waals surface area contributed by atoms with E-state index in [2.05, 4.69) is 13.0 Å². The smallest absolute Gasteiger partial charge is 0.146 e. The molecule has 0 bridgehead atoms. The Morgan fingerprint density at radius 3 is 2.38 bits per heavy atom. The molecular formula is C31H31FN4O3. The van der Waals surface area contributed by atoms with Crippen molar-refractivity contribution in [1.29, 1.82) is 5.26 Å². The zero-order chi connectivity index (χ0) is 27.4. The van der Waals surface area contributed by atoms with Gasteiger partial charge in [-0.15, -0.1) is 0 Å². The predicted molar refractivity (Wildman–Crippen MR) is 149 cm³/mol. The van der Waals surface area contributed by atoms with E-state index in [1.165, 1.54) is 6.07 Å². The van der Waals surface area contributed by atoms with Gasteiger partial charge in [-0.3, -0.25) is 5.01 Å². The molecule has 1 unspecified atom stereocenters. The summed E-state index contributed by atoms with van der Waals surface area (Å²) in [6.45, 7) is 3.46. The number of hydrogen-bond acceptors (Lipinski definition) is 7. The van der Waals surface area contributed by atoms with Gasteiger partial charge in [0.15, 0.2) is 0 Å². The van der Waals surface area contributed by atoms with E-state index in [0.29, 0.717) is 36.5 Å². The van der Waals surface area contributed by atoms with Gasteiger partial charge in [-0.05, 0) is 54.1 Å². The van der Waals surface area contributed by atoms with Crippen LogP contribution in [0.15, 0.2) is 71.8 Å². The predicted octanol–water partition coefficient (Wildman–Crippen LogP) is 5.57. The van der Waals surface area contributed by atoms with Crippen LogP contribution in [0.3, 0.4) is 0 Å². The third-order valence-electron chi connectivity index (χ3n) is 7.53. The number of nitrogens with zero attached hydrogens (tertiary/aromatic N) is 4. The highest BCUT2D eigenvalue weighted by atomic mass is 19.1. The zero-order valence-corrected chi connectivity index (χ0v) is 22.1. The second-order valence-electron chi connectivity index (χ2n) is 9.89. The average molecular weight is 527 g/mol. The van der Waals surface area contributed by atoms with E-state index >= 15 is 0 Å². The lowest BCUT2D eigenvalue weighted by atomic mass is 9.91. The van der Waals surface area contributed by atoms with Crippen LogP contribution < -0.4 is 19.4 Å². The summed E-state index contributed by atoms with van der Waals surface area (Å²) in [6, 6.07) is 22.0. The van der Waals surface area contributed by atoms with Crippen molar-refractivity contribution in [2.45, 2.75) is 38.3 Å². The molecule has 2 heterocycles. The summed E-state index contributed by atoms with van der Waals surface area (Å²) in [5.74, 6) is 1.19. The second-order valence-corrected chi connectivity index (χ2v) is 9.89. The van der Waals surface area contributed by atoms with Crippen molar-refractivity contribution >= 4 is 23.4 Å². The Morgan fingerprint density at radius 1 is 1.05 bits per heavy atom. The van der Waals surface area contributed by atoms with Gasteiger partial charge in [0, 0.05) is 44.3 Å². The molecule has 0 spiro atoms. The number of piperidine rings is 1. The maximum absolute atomic E-state index is 14.4. The molecule has 2 aliphatic heterocycles. The number of methoxy groups -OCH3 is 1. The summed E-state index contributed by atoms with van der Waals surface area (Å²) in [5, 5.41) is 15.9. The summed E-state index contributed by atoms with van der Waals surface area (Å²) < 4.78 is 25.9. The largest absolute Gasteiger partial charge is 0.497 e. The minimum absolute atomic E-state index is 0.0383. The van der Waals surface area contributed by atoms with Gasteiger partial charge in [-0.2, -0.15) is 10.4 Å². The van der Waals surface area contributed by atoms with Crippen LogP contribution in [0, 0.1) is 23.1 Å². The SMILES string of the molecule is COc1ccc(F)c(N2CCC(Oc3ccc(N4N=C(c5ccc(C#N)cc5)C(C)[C@@H]4CC=O)cc3)CC2)c1. The van der Waals surface area contributed by atoms with E-state index in [1.54, 1.807) is 31.4 Å². The minimum atomic E-state index is -0.250.